The molecule has 2 aromatic carbocycles. The van der Waals surface area contributed by atoms with Crippen LogP contribution in [0.3, 0.4) is 0 Å². The van der Waals surface area contributed by atoms with Crippen LogP contribution in [0.25, 0.3) is 5.65 Å². The number of fused-ring (bicyclic) bond motifs is 2. The molecule has 0 aliphatic carbocycles. The average Bonchev–Trinajstić information content (AvgIpc) is 3.37. The first-order valence-corrected chi connectivity index (χ1v) is 12.1. The van der Waals surface area contributed by atoms with Crippen molar-refractivity contribution in [2.24, 2.45) is 10.9 Å². The minimum Gasteiger partial charge on any atom is -0.364 e. The summed E-state index contributed by atoms with van der Waals surface area (Å²) in [5, 5.41) is 13.4. The molecular formula is C25H24ClN9O2. The molecular weight excluding hydrogens is 494 g/mol. The minimum absolute atomic E-state index is 0.266. The fourth-order valence-electron chi connectivity index (χ4n) is 4.15. The lowest BCUT2D eigenvalue weighted by atomic mass is 10.00. The molecule has 0 spiro atoms. The lowest BCUT2D eigenvalue weighted by Crippen LogP contribution is -2.53. The molecule has 3 heterocycles. The monoisotopic (exact) mass is 517 g/mol. The molecule has 0 radical (unpaired) electrons. The van der Waals surface area contributed by atoms with Crippen molar-refractivity contribution in [2.45, 2.75) is 20.0 Å². The van der Waals surface area contributed by atoms with Crippen LogP contribution in [-0.4, -0.2) is 50.4 Å². The van der Waals surface area contributed by atoms with Crippen LogP contribution in [0.15, 0.2) is 66.2 Å². The second kappa shape index (κ2) is 10.2. The summed E-state index contributed by atoms with van der Waals surface area (Å²) in [7, 11) is 0. The number of carbonyl (C=O) groups is 2. The van der Waals surface area contributed by atoms with Gasteiger partial charge in [-0.3, -0.25) is 9.69 Å². The van der Waals surface area contributed by atoms with Crippen molar-refractivity contribution in [3.63, 3.8) is 0 Å². The van der Waals surface area contributed by atoms with Gasteiger partial charge in [-0.1, -0.05) is 30.7 Å². The molecule has 2 atom stereocenters. The summed E-state index contributed by atoms with van der Waals surface area (Å²) in [5.74, 6) is -0.129. The Bertz CT molecular complexity index is 1500. The Hall–Kier alpha value is -4.51. The highest BCUT2D eigenvalue weighted by atomic mass is 35.5. The largest absolute Gasteiger partial charge is 0.364 e. The van der Waals surface area contributed by atoms with Crippen LogP contribution >= 0.6 is 11.6 Å². The number of halogens is 1. The van der Waals surface area contributed by atoms with E-state index in [0.29, 0.717) is 45.7 Å². The second-order valence-corrected chi connectivity index (χ2v) is 8.79. The van der Waals surface area contributed by atoms with Crippen molar-refractivity contribution in [3.05, 3.63) is 71.8 Å². The zero-order chi connectivity index (χ0) is 25.9. The summed E-state index contributed by atoms with van der Waals surface area (Å²) in [6.45, 7) is 4.27. The first kappa shape index (κ1) is 24.2. The van der Waals surface area contributed by atoms with Crippen LogP contribution in [0.1, 0.15) is 24.2 Å². The van der Waals surface area contributed by atoms with Crippen molar-refractivity contribution in [3.8, 4) is 0 Å². The number of imidazole rings is 1. The molecule has 2 aromatic heterocycles. The molecule has 3 N–H and O–H groups in total. The maximum absolute atomic E-state index is 13.8. The highest BCUT2D eigenvalue weighted by Crippen LogP contribution is 2.36. The van der Waals surface area contributed by atoms with E-state index in [0.717, 1.165) is 0 Å². The molecule has 11 nitrogen and oxygen atoms in total. The van der Waals surface area contributed by atoms with Gasteiger partial charge in [0, 0.05) is 42.4 Å². The predicted octanol–water partition coefficient (Wildman–Crippen LogP) is 4.36. The smallest absolute Gasteiger partial charge is 0.319 e. The molecule has 0 bridgehead atoms. The number of carbonyl (C=O) groups excluding carboxylic acids is 2. The van der Waals surface area contributed by atoms with E-state index in [-0.39, 0.29) is 17.9 Å². The highest BCUT2D eigenvalue weighted by Gasteiger charge is 2.37. The number of hydrogen-bond acceptors (Lipinski definition) is 7. The molecule has 188 valence electrons. The number of hydrogen-bond donors (Lipinski definition) is 3. The number of benzene rings is 2. The predicted molar refractivity (Wildman–Crippen MR) is 143 cm³/mol. The third-order valence-electron chi connectivity index (χ3n) is 5.86. The quantitative estimate of drug-likeness (QED) is 0.326. The average molecular weight is 518 g/mol. The third kappa shape index (κ3) is 4.81. The minimum atomic E-state index is -0.514. The lowest BCUT2D eigenvalue weighted by Gasteiger charge is -2.40. The van der Waals surface area contributed by atoms with E-state index in [2.05, 4.69) is 36.0 Å². The van der Waals surface area contributed by atoms with Gasteiger partial charge in [0.15, 0.2) is 11.5 Å². The van der Waals surface area contributed by atoms with Gasteiger partial charge in [-0.25, -0.2) is 24.3 Å². The summed E-state index contributed by atoms with van der Waals surface area (Å²) in [4.78, 5) is 40.6. The van der Waals surface area contributed by atoms with Gasteiger partial charge in [-0.05, 0) is 37.3 Å². The third-order valence-corrected chi connectivity index (χ3v) is 6.17. The van der Waals surface area contributed by atoms with Crippen LogP contribution in [0.5, 0.6) is 0 Å². The molecule has 0 fully saturated rings. The zero-order valence-electron chi connectivity index (χ0n) is 20.1. The number of aliphatic imine (C=N–C) groups is 1. The van der Waals surface area contributed by atoms with Crippen molar-refractivity contribution < 1.29 is 9.59 Å². The molecule has 1 aliphatic heterocycles. The maximum atomic E-state index is 13.8. The van der Waals surface area contributed by atoms with Gasteiger partial charge < -0.3 is 16.0 Å². The van der Waals surface area contributed by atoms with Crippen LogP contribution in [0.4, 0.5) is 27.7 Å². The summed E-state index contributed by atoms with van der Waals surface area (Å²) in [6, 6.07) is 12.0. The van der Waals surface area contributed by atoms with Crippen LogP contribution in [-0.2, 0) is 0 Å². The van der Waals surface area contributed by atoms with Crippen molar-refractivity contribution >= 4 is 58.3 Å². The van der Waals surface area contributed by atoms with Gasteiger partial charge in [-0.2, -0.15) is 5.10 Å². The van der Waals surface area contributed by atoms with E-state index in [4.69, 9.17) is 11.6 Å². The summed E-state index contributed by atoms with van der Waals surface area (Å²) < 4.78 is 1.59. The Labute approximate surface area is 217 Å². The van der Waals surface area contributed by atoms with E-state index in [1.165, 1.54) is 6.33 Å². The van der Waals surface area contributed by atoms with Gasteiger partial charge >= 0.3 is 6.03 Å². The summed E-state index contributed by atoms with van der Waals surface area (Å²) in [6.07, 6.45) is 5.95. The number of nitrogens with one attached hydrogen (secondary N) is 3. The van der Waals surface area contributed by atoms with Gasteiger partial charge in [-0.15, -0.1) is 0 Å². The van der Waals surface area contributed by atoms with Crippen LogP contribution in [0.2, 0.25) is 5.02 Å². The van der Waals surface area contributed by atoms with Crippen molar-refractivity contribution in [2.75, 3.05) is 22.1 Å². The van der Waals surface area contributed by atoms with Gasteiger partial charge in [0.05, 0.1) is 16.3 Å². The SMILES string of the molecule is CCNC(=O)Nc1cccc(N2C(=O)c3c(Cl)cccc3NC2C(C)C=Nc2ncnn3ccnc23)c1. The topological polar surface area (TPSA) is 129 Å². The Morgan fingerprint density at radius 1 is 1.27 bits per heavy atom. The molecule has 0 saturated heterocycles. The summed E-state index contributed by atoms with van der Waals surface area (Å²) in [5.41, 5.74) is 2.66. The molecule has 4 aromatic rings. The Morgan fingerprint density at radius 3 is 2.95 bits per heavy atom. The number of aromatic nitrogens is 4. The Morgan fingerprint density at radius 2 is 2.11 bits per heavy atom. The van der Waals surface area contributed by atoms with Gasteiger partial charge in [0.2, 0.25) is 0 Å². The van der Waals surface area contributed by atoms with Crippen LogP contribution < -0.4 is 20.9 Å². The van der Waals surface area contributed by atoms with E-state index in [1.807, 2.05) is 19.9 Å². The van der Waals surface area contributed by atoms with E-state index in [1.54, 1.807) is 64.4 Å². The fraction of sp³-hybridized carbons (Fsp3) is 0.200. The highest BCUT2D eigenvalue weighted by molar-refractivity contribution is 6.35. The number of urea groups is 1. The first-order chi connectivity index (χ1) is 18.0. The number of nitrogens with zero attached hydrogens (tertiary/aromatic N) is 6. The normalized spacial score (nSPS) is 15.9. The summed E-state index contributed by atoms with van der Waals surface area (Å²) >= 11 is 6.44. The van der Waals surface area contributed by atoms with Gasteiger partial charge in [0.25, 0.3) is 5.91 Å². The molecule has 37 heavy (non-hydrogen) atoms. The maximum Gasteiger partial charge on any atom is 0.319 e. The van der Waals surface area contributed by atoms with Crippen LogP contribution in [0, 0.1) is 5.92 Å². The Kier molecular flexibility index (Phi) is 6.69. The van der Waals surface area contributed by atoms with E-state index in [9.17, 15) is 9.59 Å². The standard InChI is InChI=1S/C25H24ClN9O2/c1-3-27-25(37)32-16-6-4-7-17(12-16)35-22(33-19-9-5-8-18(26)20(19)24(35)36)15(2)13-29-21-23-28-10-11-34(23)31-14-30-21/h4-15,22,33H,3H2,1-2H3,(H2,27,32,37). The van der Waals surface area contributed by atoms with Crippen molar-refractivity contribution in [1.29, 1.82) is 0 Å². The fourth-order valence-corrected chi connectivity index (χ4v) is 4.41. The van der Waals surface area contributed by atoms with E-state index < -0.39 is 6.17 Å². The molecule has 0 saturated carbocycles. The Balaban J connectivity index is 1.51. The molecule has 3 amide bonds. The first-order valence-electron chi connectivity index (χ1n) is 11.7. The zero-order valence-corrected chi connectivity index (χ0v) is 20.8. The number of rotatable bonds is 6. The molecule has 5 rings (SSSR count). The number of anilines is 3. The van der Waals surface area contributed by atoms with Gasteiger partial charge in [0.1, 0.15) is 12.5 Å². The lowest BCUT2D eigenvalue weighted by molar-refractivity contribution is 0.0972. The molecule has 1 aliphatic rings. The molecule has 2 unspecified atom stereocenters. The number of amides is 3. The second-order valence-electron chi connectivity index (χ2n) is 8.38. The van der Waals surface area contributed by atoms with Crippen molar-refractivity contribution in [1.82, 2.24) is 24.9 Å². The molecule has 12 heteroatoms. The van der Waals surface area contributed by atoms with E-state index >= 15 is 0 Å².